The summed E-state index contributed by atoms with van der Waals surface area (Å²) in [6, 6.07) is 4.45. The molecule has 106 valence electrons. The van der Waals surface area contributed by atoms with Gasteiger partial charge in [0, 0.05) is 30.9 Å². The third-order valence-electron chi connectivity index (χ3n) is 3.59. The molecule has 1 aliphatic heterocycles. The molecular weight excluding hydrogens is 238 g/mol. The molecule has 0 spiro atoms. The summed E-state index contributed by atoms with van der Waals surface area (Å²) in [5.41, 5.74) is 1.12. The highest BCUT2D eigenvalue weighted by Crippen LogP contribution is 2.29. The van der Waals surface area contributed by atoms with Gasteiger partial charge >= 0.3 is 0 Å². The summed E-state index contributed by atoms with van der Waals surface area (Å²) >= 11 is 0. The topological polar surface area (TPSA) is 37.4 Å². The van der Waals surface area contributed by atoms with E-state index in [1.54, 1.807) is 0 Å². The Morgan fingerprint density at radius 2 is 2.26 bits per heavy atom. The van der Waals surface area contributed by atoms with Crippen LogP contribution in [0, 0.1) is 0 Å². The zero-order valence-electron chi connectivity index (χ0n) is 12.6. The highest BCUT2D eigenvalue weighted by atomic mass is 16.5. The predicted octanol–water partition coefficient (Wildman–Crippen LogP) is 2.37. The predicted molar refractivity (Wildman–Crippen MR) is 78.6 cm³/mol. The Morgan fingerprint density at radius 3 is 2.89 bits per heavy atom. The zero-order chi connectivity index (χ0) is 14.0. The fourth-order valence-electron chi connectivity index (χ4n) is 2.78. The molecule has 2 atom stereocenters. The van der Waals surface area contributed by atoms with Gasteiger partial charge in [-0.2, -0.15) is 0 Å². The van der Waals surface area contributed by atoms with Gasteiger partial charge in [0.05, 0.1) is 11.7 Å². The smallest absolute Gasteiger partial charge is 0.133 e. The molecule has 1 aliphatic rings. The van der Waals surface area contributed by atoms with Crippen molar-refractivity contribution in [1.82, 2.24) is 10.3 Å². The third kappa shape index (κ3) is 3.25. The molecule has 2 unspecified atom stereocenters. The molecule has 4 nitrogen and oxygen atoms in total. The van der Waals surface area contributed by atoms with Crippen molar-refractivity contribution in [2.75, 3.05) is 25.0 Å². The van der Waals surface area contributed by atoms with E-state index >= 15 is 0 Å². The first-order valence-corrected chi connectivity index (χ1v) is 6.98. The Hall–Kier alpha value is -1.13. The van der Waals surface area contributed by atoms with Gasteiger partial charge in [0.25, 0.3) is 0 Å². The van der Waals surface area contributed by atoms with Gasteiger partial charge < -0.3 is 15.0 Å². The summed E-state index contributed by atoms with van der Waals surface area (Å²) in [7, 11) is 1.98. The van der Waals surface area contributed by atoms with Gasteiger partial charge in [-0.15, -0.1) is 0 Å². The van der Waals surface area contributed by atoms with E-state index in [0.29, 0.717) is 6.04 Å². The van der Waals surface area contributed by atoms with Crippen LogP contribution in [0.4, 0.5) is 5.82 Å². The maximum absolute atomic E-state index is 5.97. The number of ether oxygens (including phenoxy) is 1. The lowest BCUT2D eigenvalue weighted by atomic mass is 10.0. The number of aromatic nitrogens is 1. The number of nitrogens with zero attached hydrogens (tertiary/aromatic N) is 2. The molecule has 0 saturated carbocycles. The fraction of sp³-hybridized carbons (Fsp3) is 0.667. The lowest BCUT2D eigenvalue weighted by molar-refractivity contribution is -0.0752. The molecule has 0 bridgehead atoms. The van der Waals surface area contributed by atoms with Crippen molar-refractivity contribution < 1.29 is 4.74 Å². The maximum Gasteiger partial charge on any atom is 0.133 e. The van der Waals surface area contributed by atoms with Gasteiger partial charge in [0.2, 0.25) is 0 Å². The molecule has 19 heavy (non-hydrogen) atoms. The summed E-state index contributed by atoms with van der Waals surface area (Å²) in [6.45, 7) is 10.3. The molecular formula is C15H25N3O. The molecule has 1 aromatic rings. The van der Waals surface area contributed by atoms with E-state index in [0.717, 1.165) is 18.9 Å². The minimum Gasteiger partial charge on any atom is -0.369 e. The summed E-state index contributed by atoms with van der Waals surface area (Å²) in [4.78, 5) is 6.95. The lowest BCUT2D eigenvalue weighted by Gasteiger charge is -2.43. The number of pyridine rings is 1. The van der Waals surface area contributed by atoms with E-state index in [2.05, 4.69) is 49.0 Å². The molecule has 0 amide bonds. The number of morpholine rings is 1. The summed E-state index contributed by atoms with van der Waals surface area (Å²) in [5, 5.41) is 3.29. The van der Waals surface area contributed by atoms with Crippen molar-refractivity contribution in [2.45, 2.75) is 45.4 Å². The van der Waals surface area contributed by atoms with Crippen molar-refractivity contribution in [3.05, 3.63) is 23.9 Å². The van der Waals surface area contributed by atoms with E-state index in [1.807, 2.05) is 19.3 Å². The molecule has 1 aromatic heterocycles. The van der Waals surface area contributed by atoms with Crippen LogP contribution >= 0.6 is 0 Å². The molecule has 1 N–H and O–H groups in total. The molecule has 0 aromatic carbocycles. The highest BCUT2D eigenvalue weighted by molar-refractivity contribution is 5.49. The van der Waals surface area contributed by atoms with Crippen molar-refractivity contribution in [3.8, 4) is 0 Å². The Balaban J connectivity index is 2.31. The SMILES string of the molecule is CNC(C)c1cccnc1N1CC(C)OC(C)(C)C1. The largest absolute Gasteiger partial charge is 0.369 e. The number of nitrogens with one attached hydrogen (secondary N) is 1. The number of anilines is 1. The second kappa shape index (κ2) is 5.47. The van der Waals surface area contributed by atoms with Crippen LogP contribution in [-0.4, -0.2) is 36.8 Å². The highest BCUT2D eigenvalue weighted by Gasteiger charge is 2.33. The second-order valence-electron chi connectivity index (χ2n) is 6.00. The number of hydrogen-bond donors (Lipinski definition) is 1. The fourth-order valence-corrected chi connectivity index (χ4v) is 2.78. The Labute approximate surface area is 116 Å². The lowest BCUT2D eigenvalue weighted by Crippen LogP contribution is -2.52. The van der Waals surface area contributed by atoms with Gasteiger partial charge in [-0.3, -0.25) is 0 Å². The van der Waals surface area contributed by atoms with Crippen LogP contribution in [0.2, 0.25) is 0 Å². The third-order valence-corrected chi connectivity index (χ3v) is 3.59. The van der Waals surface area contributed by atoms with E-state index in [1.165, 1.54) is 5.56 Å². The normalized spacial score (nSPS) is 24.3. The van der Waals surface area contributed by atoms with Crippen LogP contribution in [0.25, 0.3) is 0 Å². The van der Waals surface area contributed by atoms with Crippen LogP contribution in [0.3, 0.4) is 0 Å². The molecule has 0 aliphatic carbocycles. The molecule has 0 radical (unpaired) electrons. The van der Waals surface area contributed by atoms with Crippen molar-refractivity contribution in [3.63, 3.8) is 0 Å². The van der Waals surface area contributed by atoms with Crippen molar-refractivity contribution in [1.29, 1.82) is 0 Å². The zero-order valence-corrected chi connectivity index (χ0v) is 12.6. The van der Waals surface area contributed by atoms with Gasteiger partial charge in [-0.05, 0) is 40.8 Å². The van der Waals surface area contributed by atoms with Crippen LogP contribution < -0.4 is 10.2 Å². The van der Waals surface area contributed by atoms with Gasteiger partial charge in [0.15, 0.2) is 0 Å². The maximum atomic E-state index is 5.97. The molecule has 2 rings (SSSR count). The molecule has 4 heteroatoms. The Bertz CT molecular complexity index is 433. The molecule has 1 saturated heterocycles. The Kier molecular flexibility index (Phi) is 4.11. The number of hydrogen-bond acceptors (Lipinski definition) is 4. The van der Waals surface area contributed by atoms with E-state index in [4.69, 9.17) is 4.74 Å². The van der Waals surface area contributed by atoms with Crippen LogP contribution in [0.5, 0.6) is 0 Å². The minimum absolute atomic E-state index is 0.130. The molecule has 2 heterocycles. The van der Waals surface area contributed by atoms with E-state index < -0.39 is 0 Å². The summed E-state index contributed by atoms with van der Waals surface area (Å²) in [5.74, 6) is 1.08. The second-order valence-corrected chi connectivity index (χ2v) is 6.00. The standard InChI is InChI=1S/C15H25N3O/c1-11-9-18(10-15(3,4)19-11)14-13(12(2)16-5)7-6-8-17-14/h6-8,11-12,16H,9-10H2,1-5H3. The van der Waals surface area contributed by atoms with Crippen molar-refractivity contribution in [2.24, 2.45) is 0 Å². The van der Waals surface area contributed by atoms with Gasteiger partial charge in [-0.1, -0.05) is 6.07 Å². The quantitative estimate of drug-likeness (QED) is 0.908. The average Bonchev–Trinajstić information content (AvgIpc) is 2.35. The summed E-state index contributed by atoms with van der Waals surface area (Å²) in [6.07, 6.45) is 2.09. The molecule has 1 fully saturated rings. The first kappa shape index (κ1) is 14.3. The van der Waals surface area contributed by atoms with Crippen LogP contribution in [-0.2, 0) is 4.74 Å². The van der Waals surface area contributed by atoms with Gasteiger partial charge in [0.1, 0.15) is 5.82 Å². The monoisotopic (exact) mass is 263 g/mol. The van der Waals surface area contributed by atoms with Crippen molar-refractivity contribution >= 4 is 5.82 Å². The Morgan fingerprint density at radius 1 is 1.53 bits per heavy atom. The average molecular weight is 263 g/mol. The summed E-state index contributed by atoms with van der Waals surface area (Å²) < 4.78 is 5.97. The minimum atomic E-state index is -0.130. The first-order valence-electron chi connectivity index (χ1n) is 6.98. The first-order chi connectivity index (χ1) is 8.93. The van der Waals surface area contributed by atoms with Gasteiger partial charge in [-0.25, -0.2) is 4.98 Å². The van der Waals surface area contributed by atoms with Crippen LogP contribution in [0.1, 0.15) is 39.3 Å². The van der Waals surface area contributed by atoms with Crippen LogP contribution in [0.15, 0.2) is 18.3 Å². The number of rotatable bonds is 3. The van der Waals surface area contributed by atoms with E-state index in [9.17, 15) is 0 Å². The van der Waals surface area contributed by atoms with E-state index in [-0.39, 0.29) is 11.7 Å².